The Morgan fingerprint density at radius 1 is 0.724 bits per heavy atom. The minimum atomic E-state index is 0.00724. The van der Waals surface area contributed by atoms with Crippen LogP contribution in [-0.2, 0) is 5.41 Å². The number of rotatable bonds is 1. The van der Waals surface area contributed by atoms with Crippen molar-refractivity contribution >= 4 is 37.7 Å². The summed E-state index contributed by atoms with van der Waals surface area (Å²) in [5.74, 6) is 0. The van der Waals surface area contributed by atoms with Gasteiger partial charge in [-0.15, -0.1) is 0 Å². The van der Waals surface area contributed by atoms with Gasteiger partial charge in [-0.2, -0.15) is 0 Å². The molecule has 0 bridgehead atoms. The highest BCUT2D eigenvalue weighted by atomic mass is 79.9. The van der Waals surface area contributed by atoms with Crippen molar-refractivity contribution in [1.82, 2.24) is 4.57 Å². The molecule has 1 heterocycles. The summed E-state index contributed by atoms with van der Waals surface area (Å²) < 4.78 is 3.51. The van der Waals surface area contributed by atoms with E-state index in [1.807, 2.05) is 0 Å². The predicted molar refractivity (Wildman–Crippen MR) is 126 cm³/mol. The van der Waals surface area contributed by atoms with Crippen LogP contribution in [0.2, 0.25) is 0 Å². The SMILES string of the molecule is CC1(C)c2ccccc2-c2c1ccc1c2c2cc(Br)ccc2n1-c1ccccc1. The number of aromatic nitrogens is 1. The van der Waals surface area contributed by atoms with E-state index in [9.17, 15) is 0 Å². The topological polar surface area (TPSA) is 4.93 Å². The number of halogens is 1. The van der Waals surface area contributed by atoms with Crippen molar-refractivity contribution in [3.8, 4) is 16.8 Å². The number of fused-ring (bicyclic) bond motifs is 7. The van der Waals surface area contributed by atoms with Gasteiger partial charge < -0.3 is 4.57 Å². The molecule has 2 heteroatoms. The minimum Gasteiger partial charge on any atom is -0.309 e. The Morgan fingerprint density at radius 3 is 2.28 bits per heavy atom. The summed E-state index contributed by atoms with van der Waals surface area (Å²) in [6.07, 6.45) is 0. The van der Waals surface area contributed by atoms with Crippen LogP contribution in [0.3, 0.4) is 0 Å². The molecule has 29 heavy (non-hydrogen) atoms. The molecule has 0 aliphatic heterocycles. The average Bonchev–Trinajstić information content (AvgIpc) is 3.18. The normalized spacial score (nSPS) is 14.3. The third kappa shape index (κ3) is 2.21. The summed E-state index contributed by atoms with van der Waals surface area (Å²) in [7, 11) is 0. The fourth-order valence-corrected chi connectivity index (χ4v) is 5.49. The second kappa shape index (κ2) is 5.84. The summed E-state index contributed by atoms with van der Waals surface area (Å²) in [6.45, 7) is 4.69. The molecule has 1 aromatic heterocycles. The monoisotopic (exact) mass is 437 g/mol. The standard InChI is InChI=1S/C27H20BrN/c1-27(2)21-11-7-6-10-19(21)25-22(27)13-15-24-26(25)20-16-17(28)12-14-23(20)29(24)18-8-4-3-5-9-18/h3-16H,1-2H3. The Morgan fingerprint density at radius 2 is 1.45 bits per heavy atom. The van der Waals surface area contributed by atoms with E-state index in [0.717, 1.165) is 4.47 Å². The van der Waals surface area contributed by atoms with Crippen molar-refractivity contribution in [2.24, 2.45) is 0 Å². The third-order valence-corrected chi connectivity index (χ3v) is 6.94. The molecule has 0 atom stereocenters. The maximum atomic E-state index is 3.71. The van der Waals surface area contributed by atoms with Crippen LogP contribution in [0, 0.1) is 0 Å². The maximum absolute atomic E-state index is 3.71. The zero-order valence-corrected chi connectivity index (χ0v) is 18.0. The zero-order valence-electron chi connectivity index (χ0n) is 16.4. The van der Waals surface area contributed by atoms with E-state index in [0.29, 0.717) is 0 Å². The Balaban J connectivity index is 1.86. The molecule has 0 spiro atoms. The van der Waals surface area contributed by atoms with E-state index in [2.05, 4.69) is 119 Å². The molecule has 4 aromatic carbocycles. The average molecular weight is 438 g/mol. The van der Waals surface area contributed by atoms with Gasteiger partial charge in [0.15, 0.2) is 0 Å². The summed E-state index contributed by atoms with van der Waals surface area (Å²) in [6, 6.07) is 30.8. The van der Waals surface area contributed by atoms with E-state index in [4.69, 9.17) is 0 Å². The Hall–Kier alpha value is -2.84. The summed E-state index contributed by atoms with van der Waals surface area (Å²) in [5, 5.41) is 2.64. The molecule has 1 aliphatic carbocycles. The molecule has 0 saturated carbocycles. The van der Waals surface area contributed by atoms with Crippen LogP contribution in [0.1, 0.15) is 25.0 Å². The Kier molecular flexibility index (Phi) is 3.43. The van der Waals surface area contributed by atoms with Crippen molar-refractivity contribution < 1.29 is 0 Å². The highest BCUT2D eigenvalue weighted by molar-refractivity contribution is 9.10. The Labute approximate surface area is 178 Å². The Bertz CT molecular complexity index is 1420. The van der Waals surface area contributed by atoms with Crippen LogP contribution in [0.4, 0.5) is 0 Å². The van der Waals surface area contributed by atoms with Gasteiger partial charge in [-0.1, -0.05) is 78.3 Å². The van der Waals surface area contributed by atoms with Crippen molar-refractivity contribution in [3.05, 3.63) is 101 Å². The summed E-state index contributed by atoms with van der Waals surface area (Å²) >= 11 is 3.71. The first kappa shape index (κ1) is 17.1. The van der Waals surface area contributed by atoms with Crippen molar-refractivity contribution in [1.29, 1.82) is 0 Å². The van der Waals surface area contributed by atoms with Crippen LogP contribution < -0.4 is 0 Å². The first-order valence-electron chi connectivity index (χ1n) is 10.00. The van der Waals surface area contributed by atoms with Crippen LogP contribution in [0.15, 0.2) is 89.4 Å². The van der Waals surface area contributed by atoms with Crippen LogP contribution in [0.5, 0.6) is 0 Å². The zero-order chi connectivity index (χ0) is 19.8. The molecule has 0 radical (unpaired) electrons. The van der Waals surface area contributed by atoms with Gasteiger partial charge in [0, 0.05) is 26.3 Å². The van der Waals surface area contributed by atoms with Crippen LogP contribution >= 0.6 is 15.9 Å². The van der Waals surface area contributed by atoms with E-state index in [-0.39, 0.29) is 5.41 Å². The molecule has 1 nitrogen and oxygen atoms in total. The summed E-state index contributed by atoms with van der Waals surface area (Å²) in [4.78, 5) is 0. The highest BCUT2D eigenvalue weighted by Crippen LogP contribution is 2.53. The van der Waals surface area contributed by atoms with Gasteiger partial charge >= 0.3 is 0 Å². The second-order valence-corrected chi connectivity index (χ2v) is 9.30. The van der Waals surface area contributed by atoms with E-state index in [1.165, 1.54) is 49.7 Å². The lowest BCUT2D eigenvalue weighted by Gasteiger charge is -2.21. The van der Waals surface area contributed by atoms with Crippen LogP contribution in [0.25, 0.3) is 38.6 Å². The lowest BCUT2D eigenvalue weighted by Crippen LogP contribution is -2.14. The minimum absolute atomic E-state index is 0.00724. The molecule has 0 unspecified atom stereocenters. The van der Waals surface area contributed by atoms with Gasteiger partial charge in [-0.25, -0.2) is 0 Å². The number of para-hydroxylation sites is 1. The molecule has 6 rings (SSSR count). The largest absolute Gasteiger partial charge is 0.309 e. The highest BCUT2D eigenvalue weighted by Gasteiger charge is 2.37. The van der Waals surface area contributed by atoms with E-state index >= 15 is 0 Å². The smallest absolute Gasteiger partial charge is 0.0547 e. The number of hydrogen-bond acceptors (Lipinski definition) is 0. The fraction of sp³-hybridized carbons (Fsp3) is 0.111. The van der Waals surface area contributed by atoms with Gasteiger partial charge in [0.05, 0.1) is 11.0 Å². The predicted octanol–water partition coefficient (Wildman–Crippen LogP) is 7.85. The molecule has 1 aliphatic rings. The molecule has 0 saturated heterocycles. The van der Waals surface area contributed by atoms with Crippen LogP contribution in [-0.4, -0.2) is 4.57 Å². The second-order valence-electron chi connectivity index (χ2n) is 8.39. The number of hydrogen-bond donors (Lipinski definition) is 0. The first-order valence-corrected chi connectivity index (χ1v) is 10.8. The van der Waals surface area contributed by atoms with Gasteiger partial charge in [0.2, 0.25) is 0 Å². The molecular formula is C27H20BrN. The first-order chi connectivity index (χ1) is 14.1. The van der Waals surface area contributed by atoms with E-state index in [1.54, 1.807) is 0 Å². The van der Waals surface area contributed by atoms with Gasteiger partial charge in [-0.05, 0) is 58.7 Å². The fourth-order valence-electron chi connectivity index (χ4n) is 5.13. The lowest BCUT2D eigenvalue weighted by molar-refractivity contribution is 0.661. The lowest BCUT2D eigenvalue weighted by atomic mass is 9.82. The molecule has 140 valence electrons. The summed E-state index contributed by atoms with van der Waals surface area (Å²) in [5.41, 5.74) is 9.29. The van der Waals surface area contributed by atoms with Gasteiger partial charge in [-0.3, -0.25) is 0 Å². The molecule has 0 fully saturated rings. The number of benzene rings is 4. The van der Waals surface area contributed by atoms with Gasteiger partial charge in [0.1, 0.15) is 0 Å². The van der Waals surface area contributed by atoms with Crippen molar-refractivity contribution in [2.75, 3.05) is 0 Å². The van der Waals surface area contributed by atoms with Crippen molar-refractivity contribution in [3.63, 3.8) is 0 Å². The third-order valence-electron chi connectivity index (χ3n) is 6.45. The number of nitrogens with zero attached hydrogens (tertiary/aromatic N) is 1. The molecule has 0 N–H and O–H groups in total. The quantitative estimate of drug-likeness (QED) is 0.251. The van der Waals surface area contributed by atoms with E-state index < -0.39 is 0 Å². The van der Waals surface area contributed by atoms with Gasteiger partial charge in [0.25, 0.3) is 0 Å². The molecule has 5 aromatic rings. The molecule has 0 amide bonds. The maximum Gasteiger partial charge on any atom is 0.0547 e. The molecular weight excluding hydrogens is 418 g/mol. The van der Waals surface area contributed by atoms with Crippen molar-refractivity contribution in [2.45, 2.75) is 19.3 Å².